The number of ether oxygens (including phenoxy) is 1. The Kier molecular flexibility index (Phi) is 7.23. The van der Waals surface area contributed by atoms with Crippen LogP contribution in [0.4, 0.5) is 17.6 Å². The average Bonchev–Trinajstić information content (AvgIpc) is 2.73. The lowest BCUT2D eigenvalue weighted by molar-refractivity contribution is -0.274. The molecule has 6 heteroatoms. The van der Waals surface area contributed by atoms with Crippen LogP contribution >= 0.6 is 0 Å². The van der Waals surface area contributed by atoms with E-state index in [4.69, 9.17) is 5.26 Å². The first-order valence-electron chi connectivity index (χ1n) is 10.6. The van der Waals surface area contributed by atoms with E-state index in [-0.39, 0.29) is 11.7 Å². The minimum atomic E-state index is -4.67. The highest BCUT2D eigenvalue weighted by molar-refractivity contribution is 5.30. The number of hydrogen-bond donors (Lipinski definition) is 0. The van der Waals surface area contributed by atoms with Crippen LogP contribution in [-0.2, 0) is 0 Å². The van der Waals surface area contributed by atoms with Crippen molar-refractivity contribution in [3.05, 3.63) is 53.9 Å². The highest BCUT2D eigenvalue weighted by atomic mass is 19.4. The van der Waals surface area contributed by atoms with Gasteiger partial charge in [0.15, 0.2) is 5.83 Å². The lowest BCUT2D eigenvalue weighted by Crippen LogP contribution is -2.22. The third-order valence-corrected chi connectivity index (χ3v) is 6.62. The summed E-state index contributed by atoms with van der Waals surface area (Å²) in [5.41, 5.74) is 2.35. The fourth-order valence-electron chi connectivity index (χ4n) is 4.97. The molecule has 162 valence electrons. The van der Waals surface area contributed by atoms with Gasteiger partial charge in [-0.2, -0.15) is 9.65 Å². The van der Waals surface area contributed by atoms with Crippen molar-refractivity contribution in [2.45, 2.75) is 63.6 Å². The van der Waals surface area contributed by atoms with Gasteiger partial charge in [-0.05, 0) is 98.8 Å². The van der Waals surface area contributed by atoms with Gasteiger partial charge in [0.2, 0.25) is 0 Å². The van der Waals surface area contributed by atoms with Crippen molar-refractivity contribution < 1.29 is 22.3 Å². The molecule has 0 atom stereocenters. The summed E-state index contributed by atoms with van der Waals surface area (Å²) in [4.78, 5) is 0. The molecule has 2 fully saturated rings. The topological polar surface area (TPSA) is 33.0 Å². The van der Waals surface area contributed by atoms with E-state index in [0.29, 0.717) is 17.8 Å². The number of halogens is 4. The molecule has 2 aliphatic rings. The van der Waals surface area contributed by atoms with Crippen LogP contribution in [0.15, 0.2) is 48.3 Å². The Morgan fingerprint density at radius 3 is 2.00 bits per heavy atom. The van der Waals surface area contributed by atoms with Gasteiger partial charge in [0.1, 0.15) is 11.8 Å². The number of nitrogens with zero attached hydrogens (tertiary/aromatic N) is 1. The van der Waals surface area contributed by atoms with Gasteiger partial charge in [-0.1, -0.05) is 24.3 Å². The molecule has 0 bridgehead atoms. The summed E-state index contributed by atoms with van der Waals surface area (Å²) >= 11 is 0. The van der Waals surface area contributed by atoms with Crippen molar-refractivity contribution in [3.8, 4) is 11.8 Å². The predicted molar refractivity (Wildman–Crippen MR) is 107 cm³/mol. The molecule has 0 aromatic heterocycles. The molecule has 1 aromatic rings. The van der Waals surface area contributed by atoms with Crippen LogP contribution in [0.2, 0.25) is 0 Å². The van der Waals surface area contributed by atoms with Crippen LogP contribution in [0.5, 0.6) is 5.75 Å². The summed E-state index contributed by atoms with van der Waals surface area (Å²) in [6, 6.07) is 7.78. The highest BCUT2D eigenvalue weighted by Crippen LogP contribution is 2.44. The lowest BCUT2D eigenvalue weighted by Gasteiger charge is -2.35. The Bertz CT molecular complexity index is 790. The van der Waals surface area contributed by atoms with Crippen molar-refractivity contribution in [1.29, 1.82) is 5.26 Å². The summed E-state index contributed by atoms with van der Waals surface area (Å²) in [6.45, 7) is 4.38. The zero-order valence-corrected chi connectivity index (χ0v) is 16.9. The zero-order valence-electron chi connectivity index (χ0n) is 16.9. The van der Waals surface area contributed by atoms with Gasteiger partial charge >= 0.3 is 6.36 Å². The monoisotopic (exact) mass is 421 g/mol. The van der Waals surface area contributed by atoms with Gasteiger partial charge in [-0.3, -0.25) is 0 Å². The van der Waals surface area contributed by atoms with E-state index in [1.165, 1.54) is 23.8 Å². The number of benzene rings is 1. The van der Waals surface area contributed by atoms with E-state index in [9.17, 15) is 17.6 Å². The first-order valence-corrected chi connectivity index (χ1v) is 10.6. The average molecular weight is 421 g/mol. The van der Waals surface area contributed by atoms with Crippen molar-refractivity contribution in [2.24, 2.45) is 17.8 Å². The smallest absolute Gasteiger partial charge is 0.406 e. The minimum Gasteiger partial charge on any atom is -0.406 e. The molecule has 2 aliphatic carbocycles. The largest absolute Gasteiger partial charge is 0.573 e. The summed E-state index contributed by atoms with van der Waals surface area (Å²) in [7, 11) is 0. The molecular weight excluding hydrogens is 394 g/mol. The molecule has 0 spiro atoms. The Labute approximate surface area is 175 Å². The summed E-state index contributed by atoms with van der Waals surface area (Å²) in [6.07, 6.45) is 4.59. The first kappa shape index (κ1) is 22.4. The number of alkyl halides is 3. The molecule has 2 nitrogen and oxygen atoms in total. The molecule has 0 radical (unpaired) electrons. The van der Waals surface area contributed by atoms with E-state index < -0.39 is 12.2 Å². The predicted octanol–water partition coefficient (Wildman–Crippen LogP) is 7.60. The van der Waals surface area contributed by atoms with E-state index in [2.05, 4.69) is 11.3 Å². The van der Waals surface area contributed by atoms with Crippen molar-refractivity contribution >= 4 is 0 Å². The second kappa shape index (κ2) is 9.68. The van der Waals surface area contributed by atoms with E-state index >= 15 is 0 Å². The molecule has 0 N–H and O–H groups in total. The molecule has 30 heavy (non-hydrogen) atoms. The van der Waals surface area contributed by atoms with Crippen LogP contribution in [0.3, 0.4) is 0 Å². The Morgan fingerprint density at radius 1 is 0.967 bits per heavy atom. The number of hydrogen-bond acceptors (Lipinski definition) is 2. The maximum atomic E-state index is 13.2. The van der Waals surface area contributed by atoms with Crippen LogP contribution in [0, 0.1) is 29.1 Å². The summed E-state index contributed by atoms with van der Waals surface area (Å²) in [5.74, 6) is 0.557. The number of rotatable bonds is 5. The van der Waals surface area contributed by atoms with E-state index in [1.807, 2.05) is 0 Å². The minimum absolute atomic E-state index is 0.147. The SMILES string of the molecule is C=C(C1CCC(C=C(F)C#N)CC1)C1CCC(c2ccc(OC(F)(F)F)cc2)CC1. The number of allylic oxidation sites excluding steroid dienone is 3. The Balaban J connectivity index is 1.47. The summed E-state index contributed by atoms with van der Waals surface area (Å²) < 4.78 is 54.0. The molecule has 2 saturated carbocycles. The van der Waals surface area contributed by atoms with Gasteiger partial charge in [0.05, 0.1) is 0 Å². The highest BCUT2D eigenvalue weighted by Gasteiger charge is 2.32. The van der Waals surface area contributed by atoms with Crippen molar-refractivity contribution in [1.82, 2.24) is 0 Å². The van der Waals surface area contributed by atoms with Crippen LogP contribution < -0.4 is 4.74 Å². The normalized spacial score (nSPS) is 27.9. The van der Waals surface area contributed by atoms with Crippen LogP contribution in [0.25, 0.3) is 0 Å². The molecule has 0 heterocycles. The Morgan fingerprint density at radius 2 is 1.50 bits per heavy atom. The maximum absolute atomic E-state index is 13.2. The second-order valence-corrected chi connectivity index (χ2v) is 8.48. The van der Waals surface area contributed by atoms with E-state index in [1.54, 1.807) is 18.2 Å². The molecule has 0 amide bonds. The molecular formula is C24H27F4NO. The fraction of sp³-hybridized carbons (Fsp3) is 0.542. The molecule has 0 unspecified atom stereocenters. The molecule has 0 aliphatic heterocycles. The van der Waals surface area contributed by atoms with Gasteiger partial charge in [0.25, 0.3) is 0 Å². The Hall–Kier alpha value is -2.29. The standard InChI is InChI=1S/C24H27F4NO/c1-16(18-4-2-17(3-5-18)14-22(25)15-29)19-6-8-20(9-7-19)21-10-12-23(13-11-21)30-24(26,27)28/h10-14,17-20H,1-9H2. The zero-order chi connectivity index (χ0) is 21.7. The van der Waals surface area contributed by atoms with E-state index in [0.717, 1.165) is 56.9 Å². The van der Waals surface area contributed by atoms with Gasteiger partial charge < -0.3 is 4.74 Å². The van der Waals surface area contributed by atoms with Crippen LogP contribution in [-0.4, -0.2) is 6.36 Å². The van der Waals surface area contributed by atoms with Gasteiger partial charge in [-0.15, -0.1) is 13.2 Å². The molecule has 1 aromatic carbocycles. The maximum Gasteiger partial charge on any atom is 0.573 e. The third kappa shape index (κ3) is 6.10. The van der Waals surface area contributed by atoms with Crippen molar-refractivity contribution in [2.75, 3.05) is 0 Å². The first-order chi connectivity index (χ1) is 14.2. The third-order valence-electron chi connectivity index (χ3n) is 6.62. The molecule has 0 saturated heterocycles. The van der Waals surface area contributed by atoms with Gasteiger partial charge in [-0.25, -0.2) is 0 Å². The second-order valence-electron chi connectivity index (χ2n) is 8.48. The van der Waals surface area contributed by atoms with Crippen LogP contribution in [0.1, 0.15) is 62.8 Å². The molecule has 3 rings (SSSR count). The van der Waals surface area contributed by atoms with Gasteiger partial charge in [0, 0.05) is 0 Å². The summed E-state index contributed by atoms with van der Waals surface area (Å²) in [5, 5.41) is 8.58. The quantitative estimate of drug-likeness (QED) is 0.279. The fourth-order valence-corrected chi connectivity index (χ4v) is 4.97. The lowest BCUT2D eigenvalue weighted by atomic mass is 9.70. The van der Waals surface area contributed by atoms with Crippen molar-refractivity contribution in [3.63, 3.8) is 0 Å². The number of nitriles is 1.